The minimum Gasteiger partial charge on any atom is -0.493 e. The lowest BCUT2D eigenvalue weighted by atomic mass is 10.1. The largest absolute Gasteiger partial charge is 0.493 e. The molecule has 0 aliphatic rings. The van der Waals surface area contributed by atoms with Crippen molar-refractivity contribution >= 4 is 23.7 Å². The van der Waals surface area contributed by atoms with Crippen LogP contribution in [-0.2, 0) is 9.53 Å². The molecule has 148 valence electrons. The van der Waals surface area contributed by atoms with Gasteiger partial charge in [-0.3, -0.25) is 10.1 Å². The van der Waals surface area contributed by atoms with Gasteiger partial charge in [-0.05, 0) is 42.8 Å². The maximum atomic E-state index is 12.3. The number of methoxy groups -OCH3 is 1. The molecule has 0 aliphatic carbocycles. The molecule has 0 aromatic heterocycles. The van der Waals surface area contributed by atoms with Gasteiger partial charge in [0.1, 0.15) is 11.6 Å². The second-order valence-corrected chi connectivity index (χ2v) is 5.49. The van der Waals surface area contributed by atoms with E-state index in [0.29, 0.717) is 5.56 Å². The van der Waals surface area contributed by atoms with Crippen molar-refractivity contribution in [3.63, 3.8) is 0 Å². The first kappa shape index (κ1) is 21.1. The van der Waals surface area contributed by atoms with Crippen LogP contribution in [0.4, 0.5) is 5.69 Å². The van der Waals surface area contributed by atoms with Gasteiger partial charge >= 0.3 is 11.9 Å². The van der Waals surface area contributed by atoms with Gasteiger partial charge in [0.2, 0.25) is 0 Å². The topological polar surface area (TPSA) is 129 Å². The highest BCUT2D eigenvalue weighted by Gasteiger charge is 2.15. The number of benzene rings is 2. The van der Waals surface area contributed by atoms with Crippen LogP contribution in [0, 0.1) is 21.4 Å². The Bertz CT molecular complexity index is 1000. The Labute approximate surface area is 165 Å². The molecule has 0 saturated carbocycles. The smallest absolute Gasteiger partial charge is 0.348 e. The summed E-state index contributed by atoms with van der Waals surface area (Å²) in [6, 6.07) is 11.2. The molecule has 9 heteroatoms. The number of nitrogens with zero attached hydrogens (tertiary/aromatic N) is 2. The summed E-state index contributed by atoms with van der Waals surface area (Å²) in [5.41, 5.74) is 0.243. The van der Waals surface area contributed by atoms with E-state index in [1.54, 1.807) is 13.0 Å². The maximum absolute atomic E-state index is 12.3. The SMILES string of the molecule is CCOC(=O)/C(C#N)=C/c1ccc(OC(=O)c2ccc([N+](=O)[O-])cc2)c(OC)c1. The van der Waals surface area contributed by atoms with Gasteiger partial charge in [0.15, 0.2) is 11.5 Å². The van der Waals surface area contributed by atoms with Gasteiger partial charge in [-0.1, -0.05) is 6.07 Å². The number of nitro groups is 1. The van der Waals surface area contributed by atoms with E-state index in [0.717, 1.165) is 0 Å². The van der Waals surface area contributed by atoms with Crippen molar-refractivity contribution in [3.05, 3.63) is 69.3 Å². The van der Waals surface area contributed by atoms with Gasteiger partial charge in [0.25, 0.3) is 5.69 Å². The fraction of sp³-hybridized carbons (Fsp3) is 0.150. The van der Waals surface area contributed by atoms with E-state index in [-0.39, 0.29) is 34.9 Å². The Morgan fingerprint density at radius 2 is 1.86 bits per heavy atom. The third kappa shape index (κ3) is 5.40. The molecule has 2 aromatic carbocycles. The van der Waals surface area contributed by atoms with Crippen LogP contribution in [0.25, 0.3) is 6.08 Å². The molecule has 0 aliphatic heterocycles. The van der Waals surface area contributed by atoms with E-state index in [1.165, 1.54) is 55.7 Å². The highest BCUT2D eigenvalue weighted by atomic mass is 16.6. The zero-order valence-electron chi connectivity index (χ0n) is 15.6. The van der Waals surface area contributed by atoms with E-state index in [2.05, 4.69) is 0 Å². The molecule has 0 radical (unpaired) electrons. The Hall–Kier alpha value is -4.19. The fourth-order valence-corrected chi connectivity index (χ4v) is 2.25. The Kier molecular flexibility index (Phi) is 7.03. The number of carbonyl (C=O) groups is 2. The monoisotopic (exact) mass is 396 g/mol. The summed E-state index contributed by atoms with van der Waals surface area (Å²) < 4.78 is 15.3. The normalized spacial score (nSPS) is 10.6. The third-order valence-electron chi connectivity index (χ3n) is 3.63. The number of hydrogen-bond acceptors (Lipinski definition) is 8. The van der Waals surface area contributed by atoms with Gasteiger partial charge in [-0.15, -0.1) is 0 Å². The molecule has 29 heavy (non-hydrogen) atoms. The van der Waals surface area contributed by atoms with Crippen LogP contribution >= 0.6 is 0 Å². The lowest BCUT2D eigenvalue weighted by molar-refractivity contribution is -0.384. The van der Waals surface area contributed by atoms with Crippen molar-refractivity contribution in [2.75, 3.05) is 13.7 Å². The van der Waals surface area contributed by atoms with Crippen LogP contribution in [0.1, 0.15) is 22.8 Å². The first-order chi connectivity index (χ1) is 13.9. The number of esters is 2. The van der Waals surface area contributed by atoms with E-state index < -0.39 is 16.9 Å². The number of carbonyl (C=O) groups excluding carboxylic acids is 2. The van der Waals surface area contributed by atoms with E-state index in [4.69, 9.17) is 19.5 Å². The number of non-ortho nitro benzene ring substituents is 1. The quantitative estimate of drug-likeness (QED) is 0.174. The zero-order valence-corrected chi connectivity index (χ0v) is 15.6. The molecule has 0 saturated heterocycles. The predicted molar refractivity (Wildman–Crippen MR) is 101 cm³/mol. The average Bonchev–Trinajstić information content (AvgIpc) is 2.72. The van der Waals surface area contributed by atoms with Crippen LogP contribution in [0.5, 0.6) is 11.5 Å². The summed E-state index contributed by atoms with van der Waals surface area (Å²) in [6.07, 6.45) is 1.32. The van der Waals surface area contributed by atoms with Gasteiger partial charge < -0.3 is 14.2 Å². The van der Waals surface area contributed by atoms with Gasteiger partial charge in [0, 0.05) is 12.1 Å². The molecular weight excluding hydrogens is 380 g/mol. The molecule has 2 aromatic rings. The zero-order chi connectivity index (χ0) is 21.4. The Morgan fingerprint density at radius 1 is 1.17 bits per heavy atom. The minimum absolute atomic E-state index is 0.0997. The number of nitro benzene ring substituents is 1. The predicted octanol–water partition coefficient (Wildman–Crippen LogP) is 3.29. The first-order valence-corrected chi connectivity index (χ1v) is 8.33. The summed E-state index contributed by atoms with van der Waals surface area (Å²) in [6.45, 7) is 1.77. The standard InChI is InChI=1S/C20H16N2O7/c1-3-28-19(23)15(12-21)10-13-4-9-17(18(11-13)27-2)29-20(24)14-5-7-16(8-6-14)22(25)26/h4-11H,3H2,1-2H3/b15-10+. The average molecular weight is 396 g/mol. The lowest BCUT2D eigenvalue weighted by Crippen LogP contribution is -2.09. The van der Waals surface area contributed by atoms with Crippen molar-refractivity contribution in [2.24, 2.45) is 0 Å². The van der Waals surface area contributed by atoms with Gasteiger partial charge in [0.05, 0.1) is 24.2 Å². The second-order valence-electron chi connectivity index (χ2n) is 5.49. The summed E-state index contributed by atoms with van der Waals surface area (Å²) in [5, 5.41) is 19.8. The Morgan fingerprint density at radius 3 is 2.41 bits per heavy atom. The van der Waals surface area contributed by atoms with Crippen LogP contribution in [0.2, 0.25) is 0 Å². The van der Waals surface area contributed by atoms with Crippen molar-refractivity contribution in [3.8, 4) is 17.6 Å². The summed E-state index contributed by atoms with van der Waals surface area (Å²) in [4.78, 5) is 34.1. The summed E-state index contributed by atoms with van der Waals surface area (Å²) >= 11 is 0. The van der Waals surface area contributed by atoms with Crippen LogP contribution < -0.4 is 9.47 Å². The lowest BCUT2D eigenvalue weighted by Gasteiger charge is -2.10. The minimum atomic E-state index is -0.748. The maximum Gasteiger partial charge on any atom is 0.348 e. The number of ether oxygens (including phenoxy) is 3. The molecule has 9 nitrogen and oxygen atoms in total. The van der Waals surface area contributed by atoms with Crippen LogP contribution in [0.15, 0.2) is 48.0 Å². The van der Waals surface area contributed by atoms with E-state index in [1.807, 2.05) is 0 Å². The van der Waals surface area contributed by atoms with Gasteiger partial charge in [-0.2, -0.15) is 5.26 Å². The molecule has 0 bridgehead atoms. The molecule has 0 atom stereocenters. The molecular formula is C20H16N2O7. The molecule has 0 N–H and O–H groups in total. The number of hydrogen-bond donors (Lipinski definition) is 0. The van der Waals surface area contributed by atoms with E-state index >= 15 is 0 Å². The van der Waals surface area contributed by atoms with Crippen LogP contribution in [-0.4, -0.2) is 30.6 Å². The number of rotatable bonds is 7. The fourth-order valence-electron chi connectivity index (χ4n) is 2.25. The van der Waals surface area contributed by atoms with E-state index in [9.17, 15) is 19.7 Å². The van der Waals surface area contributed by atoms with Crippen LogP contribution in [0.3, 0.4) is 0 Å². The van der Waals surface area contributed by atoms with Crippen molar-refractivity contribution in [2.45, 2.75) is 6.92 Å². The summed E-state index contributed by atoms with van der Waals surface area (Å²) in [7, 11) is 1.36. The molecule has 0 fully saturated rings. The van der Waals surface area contributed by atoms with Crippen molar-refractivity contribution < 1.29 is 28.7 Å². The third-order valence-corrected chi connectivity index (χ3v) is 3.63. The highest BCUT2D eigenvalue weighted by molar-refractivity contribution is 5.98. The van der Waals surface area contributed by atoms with Crippen molar-refractivity contribution in [1.29, 1.82) is 5.26 Å². The van der Waals surface area contributed by atoms with Gasteiger partial charge in [-0.25, -0.2) is 9.59 Å². The summed E-state index contributed by atoms with van der Waals surface area (Å²) in [5.74, 6) is -1.19. The molecule has 0 spiro atoms. The molecule has 0 unspecified atom stereocenters. The molecule has 0 heterocycles. The molecule has 0 amide bonds. The Balaban J connectivity index is 2.24. The second kappa shape index (κ2) is 9.66. The number of nitriles is 1. The highest BCUT2D eigenvalue weighted by Crippen LogP contribution is 2.30. The first-order valence-electron chi connectivity index (χ1n) is 8.33. The van der Waals surface area contributed by atoms with Crippen molar-refractivity contribution in [1.82, 2.24) is 0 Å². The molecule has 2 rings (SSSR count).